The van der Waals surface area contributed by atoms with Gasteiger partial charge in [0, 0.05) is 51.0 Å². The van der Waals surface area contributed by atoms with Gasteiger partial charge in [0.2, 0.25) is 5.95 Å². The fourth-order valence-electron chi connectivity index (χ4n) is 4.46. The second kappa shape index (κ2) is 10.9. The van der Waals surface area contributed by atoms with Crippen molar-refractivity contribution in [2.75, 3.05) is 57.9 Å². The summed E-state index contributed by atoms with van der Waals surface area (Å²) in [6.45, 7) is 9.16. The molecule has 1 aromatic carbocycles. The first-order valence-corrected chi connectivity index (χ1v) is 12.0. The summed E-state index contributed by atoms with van der Waals surface area (Å²) in [5.74, 6) is 1.99. The van der Waals surface area contributed by atoms with Crippen LogP contribution < -0.4 is 15.8 Å². The van der Waals surface area contributed by atoms with Crippen molar-refractivity contribution in [3.63, 3.8) is 0 Å². The van der Waals surface area contributed by atoms with Gasteiger partial charge in [0.25, 0.3) is 0 Å². The van der Waals surface area contributed by atoms with E-state index in [1.807, 2.05) is 6.07 Å². The number of piperazine rings is 1. The SMILES string of the molecule is CCCCCNc1nc(N)nc2ccn(Cc3cc(CN4CCN(C)CC4)ccc3OC)c12. The van der Waals surface area contributed by atoms with Gasteiger partial charge in [-0.1, -0.05) is 25.8 Å². The molecule has 1 saturated heterocycles. The minimum absolute atomic E-state index is 0.296. The Morgan fingerprint density at radius 3 is 2.64 bits per heavy atom. The molecule has 1 aliphatic rings. The molecule has 0 aliphatic carbocycles. The Kier molecular flexibility index (Phi) is 7.67. The third-order valence-electron chi connectivity index (χ3n) is 6.39. The van der Waals surface area contributed by atoms with Crippen molar-refractivity contribution in [1.82, 2.24) is 24.3 Å². The number of benzene rings is 1. The molecule has 0 saturated carbocycles. The summed E-state index contributed by atoms with van der Waals surface area (Å²) in [7, 11) is 3.92. The molecule has 1 aliphatic heterocycles. The molecule has 0 bridgehead atoms. The van der Waals surface area contributed by atoms with E-state index in [0.29, 0.717) is 12.5 Å². The zero-order valence-corrected chi connectivity index (χ0v) is 20.2. The van der Waals surface area contributed by atoms with Gasteiger partial charge in [0.05, 0.1) is 19.2 Å². The minimum Gasteiger partial charge on any atom is -0.496 e. The number of likely N-dealkylation sites (N-methyl/N-ethyl adjacent to an activating group) is 1. The number of nitrogens with two attached hydrogens (primary N) is 1. The number of methoxy groups -OCH3 is 1. The summed E-state index contributed by atoms with van der Waals surface area (Å²) in [6, 6.07) is 8.55. The molecule has 8 nitrogen and oxygen atoms in total. The van der Waals surface area contributed by atoms with Crippen LogP contribution in [0.5, 0.6) is 5.75 Å². The monoisotopic (exact) mass is 451 g/mol. The molecule has 3 aromatic rings. The molecule has 4 rings (SSSR count). The lowest BCUT2D eigenvalue weighted by atomic mass is 10.1. The van der Waals surface area contributed by atoms with Crippen LogP contribution in [-0.2, 0) is 13.1 Å². The van der Waals surface area contributed by atoms with Gasteiger partial charge >= 0.3 is 0 Å². The molecule has 1 fully saturated rings. The van der Waals surface area contributed by atoms with Gasteiger partial charge in [-0.25, -0.2) is 4.98 Å². The first-order chi connectivity index (χ1) is 16.1. The van der Waals surface area contributed by atoms with Crippen molar-refractivity contribution < 1.29 is 4.74 Å². The third kappa shape index (κ3) is 5.75. The van der Waals surface area contributed by atoms with E-state index >= 15 is 0 Å². The largest absolute Gasteiger partial charge is 0.496 e. The molecule has 2 aromatic heterocycles. The summed E-state index contributed by atoms with van der Waals surface area (Å²) < 4.78 is 7.89. The average Bonchev–Trinajstić information content (AvgIpc) is 3.21. The van der Waals surface area contributed by atoms with Gasteiger partial charge < -0.3 is 25.3 Å². The van der Waals surface area contributed by atoms with Crippen LogP contribution in [0.4, 0.5) is 11.8 Å². The van der Waals surface area contributed by atoms with E-state index in [-0.39, 0.29) is 0 Å². The number of nitrogens with zero attached hydrogens (tertiary/aromatic N) is 5. The van der Waals surface area contributed by atoms with Crippen molar-refractivity contribution in [2.24, 2.45) is 0 Å². The highest BCUT2D eigenvalue weighted by Gasteiger charge is 2.16. The van der Waals surface area contributed by atoms with Crippen LogP contribution >= 0.6 is 0 Å². The van der Waals surface area contributed by atoms with E-state index in [4.69, 9.17) is 10.5 Å². The van der Waals surface area contributed by atoms with Gasteiger partial charge in [0.1, 0.15) is 11.3 Å². The van der Waals surface area contributed by atoms with Crippen LogP contribution in [0.15, 0.2) is 30.5 Å². The van der Waals surface area contributed by atoms with E-state index in [9.17, 15) is 0 Å². The Hall–Kier alpha value is -2.84. The summed E-state index contributed by atoms with van der Waals surface area (Å²) in [6.07, 6.45) is 5.53. The lowest BCUT2D eigenvalue weighted by molar-refractivity contribution is 0.148. The third-order valence-corrected chi connectivity index (χ3v) is 6.39. The van der Waals surface area contributed by atoms with Gasteiger partial charge in [-0.2, -0.15) is 4.98 Å². The highest BCUT2D eigenvalue weighted by Crippen LogP contribution is 2.27. The molecule has 0 spiro atoms. The van der Waals surface area contributed by atoms with Gasteiger partial charge in [0.15, 0.2) is 5.82 Å². The van der Waals surface area contributed by atoms with Crippen LogP contribution in [0.2, 0.25) is 0 Å². The molecule has 8 heteroatoms. The maximum atomic E-state index is 5.98. The number of anilines is 2. The molecule has 33 heavy (non-hydrogen) atoms. The average molecular weight is 452 g/mol. The van der Waals surface area contributed by atoms with Crippen molar-refractivity contribution in [3.8, 4) is 5.75 Å². The van der Waals surface area contributed by atoms with Crippen molar-refractivity contribution in [1.29, 1.82) is 0 Å². The van der Waals surface area contributed by atoms with Gasteiger partial charge in [-0.15, -0.1) is 0 Å². The number of ether oxygens (including phenoxy) is 1. The standard InChI is InChI=1S/C25H37N7O/c1-4-5-6-10-27-24-23-21(28-25(26)29-24)9-11-32(23)18-20-16-19(7-8-22(20)33-3)17-31-14-12-30(2)13-15-31/h7-9,11,16H,4-6,10,12-15,17-18H2,1-3H3,(H3,26,27,28,29). The normalized spacial score (nSPS) is 15.2. The molecule has 0 unspecified atom stereocenters. The van der Waals surface area contributed by atoms with Gasteiger partial charge in [-0.3, -0.25) is 4.90 Å². The first-order valence-electron chi connectivity index (χ1n) is 12.0. The Balaban J connectivity index is 1.57. The zero-order valence-electron chi connectivity index (χ0n) is 20.2. The maximum Gasteiger partial charge on any atom is 0.222 e. The molecule has 3 heterocycles. The van der Waals surface area contributed by atoms with E-state index in [1.54, 1.807) is 7.11 Å². The number of hydrogen-bond acceptors (Lipinski definition) is 7. The van der Waals surface area contributed by atoms with Crippen LogP contribution in [0.25, 0.3) is 11.0 Å². The first kappa shape index (κ1) is 23.3. The topological polar surface area (TPSA) is 84.5 Å². The smallest absolute Gasteiger partial charge is 0.222 e. The number of unbranched alkanes of at least 4 members (excludes halogenated alkanes) is 2. The van der Waals surface area contributed by atoms with Crippen LogP contribution in [-0.4, -0.2) is 71.2 Å². The minimum atomic E-state index is 0.296. The van der Waals surface area contributed by atoms with Crippen LogP contribution in [0, 0.1) is 0 Å². The number of rotatable bonds is 10. The molecule has 3 N–H and O–H groups in total. The zero-order chi connectivity index (χ0) is 23.2. The fraction of sp³-hybridized carbons (Fsp3) is 0.520. The van der Waals surface area contributed by atoms with E-state index in [1.165, 1.54) is 18.4 Å². The van der Waals surface area contributed by atoms with Crippen molar-refractivity contribution >= 4 is 22.8 Å². The predicted octanol–water partition coefficient (Wildman–Crippen LogP) is 3.42. The summed E-state index contributed by atoms with van der Waals surface area (Å²) in [5, 5.41) is 3.48. The number of nitrogen functional groups attached to an aromatic ring is 1. The highest BCUT2D eigenvalue weighted by molar-refractivity contribution is 5.87. The lowest BCUT2D eigenvalue weighted by Gasteiger charge is -2.32. The van der Waals surface area contributed by atoms with Gasteiger partial charge in [-0.05, 0) is 37.2 Å². The number of fused-ring (bicyclic) bond motifs is 1. The van der Waals surface area contributed by atoms with E-state index in [2.05, 4.69) is 68.0 Å². The summed E-state index contributed by atoms with van der Waals surface area (Å²) in [5.41, 5.74) is 10.3. The molecule has 0 amide bonds. The maximum absolute atomic E-state index is 5.98. The Labute approximate surface area is 196 Å². The highest BCUT2D eigenvalue weighted by atomic mass is 16.5. The summed E-state index contributed by atoms with van der Waals surface area (Å²) in [4.78, 5) is 13.9. The van der Waals surface area contributed by atoms with Crippen molar-refractivity contribution in [2.45, 2.75) is 39.3 Å². The molecule has 0 radical (unpaired) electrons. The van der Waals surface area contributed by atoms with Crippen LogP contribution in [0.3, 0.4) is 0 Å². The molecule has 178 valence electrons. The summed E-state index contributed by atoms with van der Waals surface area (Å²) >= 11 is 0. The number of hydrogen-bond donors (Lipinski definition) is 2. The Bertz CT molecular complexity index is 1060. The second-order valence-corrected chi connectivity index (χ2v) is 8.97. The predicted molar refractivity (Wildman–Crippen MR) is 135 cm³/mol. The van der Waals surface area contributed by atoms with Crippen LogP contribution in [0.1, 0.15) is 37.3 Å². The number of aromatic nitrogens is 3. The second-order valence-electron chi connectivity index (χ2n) is 8.97. The molecule has 0 atom stereocenters. The van der Waals surface area contributed by atoms with E-state index in [0.717, 1.165) is 73.9 Å². The quantitative estimate of drug-likeness (QED) is 0.457. The molecular formula is C25H37N7O. The lowest BCUT2D eigenvalue weighted by Crippen LogP contribution is -2.43. The fourth-order valence-corrected chi connectivity index (χ4v) is 4.46. The van der Waals surface area contributed by atoms with E-state index < -0.39 is 0 Å². The Morgan fingerprint density at radius 1 is 1.06 bits per heavy atom. The van der Waals surface area contributed by atoms with Crippen molar-refractivity contribution in [3.05, 3.63) is 41.6 Å². The number of nitrogens with one attached hydrogen (secondary N) is 1. The molecular weight excluding hydrogens is 414 g/mol. The Morgan fingerprint density at radius 2 is 1.88 bits per heavy atom.